The third kappa shape index (κ3) is 6.05. The predicted molar refractivity (Wildman–Crippen MR) is 159 cm³/mol. The van der Waals surface area contributed by atoms with Crippen LogP contribution < -0.4 is 26.2 Å². The molecular weight excluding hydrogens is 562 g/mol. The molecule has 4 N–H and O–H groups in total. The van der Waals surface area contributed by atoms with Gasteiger partial charge in [-0.05, 0) is 57.9 Å². The molecule has 13 nitrogen and oxygen atoms in total. The van der Waals surface area contributed by atoms with Crippen LogP contribution in [-0.2, 0) is 9.53 Å². The second kappa shape index (κ2) is 10.7. The second-order valence-electron chi connectivity index (χ2n) is 11.5. The first-order valence-electron chi connectivity index (χ1n) is 13.8. The fourth-order valence-electron chi connectivity index (χ4n) is 4.77. The van der Waals surface area contributed by atoms with E-state index >= 15 is 0 Å². The summed E-state index contributed by atoms with van der Waals surface area (Å²) in [6, 6.07) is 7.38. The number of rotatable bonds is 6. The maximum Gasteiger partial charge on any atom is 0.410 e. The van der Waals surface area contributed by atoms with Crippen LogP contribution in [0.5, 0.6) is 0 Å². The van der Waals surface area contributed by atoms with Crippen LogP contribution in [0.3, 0.4) is 0 Å². The van der Waals surface area contributed by atoms with Gasteiger partial charge in [0.1, 0.15) is 22.9 Å². The Morgan fingerprint density at radius 2 is 1.88 bits per heavy atom. The van der Waals surface area contributed by atoms with Crippen molar-refractivity contribution in [2.45, 2.75) is 45.3 Å². The molecule has 1 saturated carbocycles. The molecule has 14 heteroatoms. The van der Waals surface area contributed by atoms with Crippen molar-refractivity contribution < 1.29 is 19.1 Å². The van der Waals surface area contributed by atoms with Crippen LogP contribution in [0.4, 0.5) is 32.6 Å². The molecule has 0 bridgehead atoms. The molecule has 1 aliphatic carbocycles. The Kier molecular flexibility index (Phi) is 7.05. The van der Waals surface area contributed by atoms with Crippen molar-refractivity contribution in [1.29, 1.82) is 0 Å². The molecule has 2 aliphatic heterocycles. The molecule has 4 amide bonds. The van der Waals surface area contributed by atoms with Crippen LogP contribution in [0.15, 0.2) is 36.2 Å². The number of nitrogens with zero attached hydrogens (tertiary/aromatic N) is 5. The Hall–Kier alpha value is -4.52. The summed E-state index contributed by atoms with van der Waals surface area (Å²) < 4.78 is 7.18. The van der Waals surface area contributed by atoms with Gasteiger partial charge in [0.15, 0.2) is 5.65 Å². The molecule has 3 aromatic rings. The fourth-order valence-corrected chi connectivity index (χ4v) is 5.07. The minimum absolute atomic E-state index is 0.126. The topological polar surface area (TPSA) is 145 Å². The van der Waals surface area contributed by atoms with E-state index in [1.165, 1.54) is 0 Å². The number of fused-ring (bicyclic) bond motifs is 1. The van der Waals surface area contributed by atoms with Crippen LogP contribution >= 0.6 is 11.6 Å². The Bertz CT molecular complexity index is 1600. The number of ether oxygens (including phenoxy) is 1. The highest BCUT2D eigenvalue weighted by Crippen LogP contribution is 2.32. The highest BCUT2D eigenvalue weighted by Gasteiger charge is 2.28. The zero-order valence-corrected chi connectivity index (χ0v) is 24.3. The summed E-state index contributed by atoms with van der Waals surface area (Å²) in [5, 5.41) is 16.5. The normalized spacial score (nSPS) is 18.3. The number of benzene rings is 1. The lowest BCUT2D eigenvalue weighted by molar-refractivity contribution is -0.115. The van der Waals surface area contributed by atoms with E-state index in [4.69, 9.17) is 21.3 Å². The number of nitrogens with one attached hydrogen (secondary N) is 4. The lowest BCUT2D eigenvalue weighted by Crippen LogP contribution is -2.50. The van der Waals surface area contributed by atoms with Crippen molar-refractivity contribution in [2.24, 2.45) is 0 Å². The molecule has 4 heterocycles. The lowest BCUT2D eigenvalue weighted by atomic mass is 10.2. The van der Waals surface area contributed by atoms with E-state index in [-0.39, 0.29) is 11.8 Å². The van der Waals surface area contributed by atoms with Crippen molar-refractivity contribution in [3.8, 4) is 0 Å². The smallest absolute Gasteiger partial charge is 0.410 e. The number of amides is 4. The van der Waals surface area contributed by atoms with Crippen molar-refractivity contribution in [3.63, 3.8) is 0 Å². The predicted octanol–water partition coefficient (Wildman–Crippen LogP) is 3.94. The Balaban J connectivity index is 1.20. The highest BCUT2D eigenvalue weighted by molar-refractivity contribution is 6.33. The van der Waals surface area contributed by atoms with Gasteiger partial charge in [0.2, 0.25) is 0 Å². The zero-order valence-electron chi connectivity index (χ0n) is 23.5. The van der Waals surface area contributed by atoms with Crippen molar-refractivity contribution in [1.82, 2.24) is 30.1 Å². The number of urea groups is 1. The van der Waals surface area contributed by atoms with Crippen LogP contribution in [0.1, 0.15) is 39.2 Å². The summed E-state index contributed by atoms with van der Waals surface area (Å²) in [6.45, 7) is 7.94. The molecule has 3 fully saturated rings. The number of hydrogen-bond donors (Lipinski definition) is 4. The van der Waals surface area contributed by atoms with Crippen LogP contribution in [0, 0.1) is 0 Å². The molecule has 0 atom stereocenters. The van der Waals surface area contributed by atoms with Gasteiger partial charge in [-0.25, -0.2) is 14.6 Å². The summed E-state index contributed by atoms with van der Waals surface area (Å²) in [5.74, 6) is 0.798. The molecule has 0 unspecified atom stereocenters. The first-order chi connectivity index (χ1) is 20.0. The van der Waals surface area contributed by atoms with Crippen LogP contribution in [-0.4, -0.2) is 75.4 Å². The first-order valence-corrected chi connectivity index (χ1v) is 14.2. The number of carbonyl (C=O) groups excluding carboxylic acids is 3. The van der Waals surface area contributed by atoms with Gasteiger partial charge in [0.25, 0.3) is 5.91 Å². The molecule has 0 spiro atoms. The fraction of sp³-hybridized carbons (Fsp3) is 0.393. The number of hydrogen-bond acceptors (Lipinski definition) is 9. The van der Waals surface area contributed by atoms with Gasteiger partial charge in [-0.3, -0.25) is 10.1 Å². The summed E-state index contributed by atoms with van der Waals surface area (Å²) in [4.78, 5) is 44.7. The van der Waals surface area contributed by atoms with Crippen molar-refractivity contribution in [2.75, 3.05) is 41.7 Å². The molecule has 220 valence electrons. The standard InChI is InChI=1S/C28H32ClN9O4/c1-28(2,3)42-27(41)37-10-8-36(9-11-37)21-7-6-18(13-19(21)29)31-22-14-23(32-17-4-5-17)38-24(34-22)16(15-30-38)12-20-25(39)35-26(40)33-20/h6-7,12-15,17,32H,4-5,8-11H2,1-3H3,(H,31,34)(H2,33,35,39,40)/b20-12-. The monoisotopic (exact) mass is 593 g/mol. The van der Waals surface area contributed by atoms with Gasteiger partial charge >= 0.3 is 12.1 Å². The SMILES string of the molecule is CC(C)(C)OC(=O)N1CCN(c2ccc(Nc3cc(NC4CC4)n4ncc(/C=C5\NC(=O)NC5=O)c4n3)cc2Cl)CC1. The van der Waals surface area contributed by atoms with E-state index in [1.807, 2.05) is 45.0 Å². The average molecular weight is 594 g/mol. The van der Waals surface area contributed by atoms with E-state index in [1.54, 1.807) is 21.7 Å². The van der Waals surface area contributed by atoms with Gasteiger partial charge in [-0.2, -0.15) is 9.61 Å². The Morgan fingerprint density at radius 3 is 2.52 bits per heavy atom. The molecule has 2 aromatic heterocycles. The van der Waals surface area contributed by atoms with Crippen molar-refractivity contribution in [3.05, 3.63) is 46.7 Å². The van der Waals surface area contributed by atoms with E-state index in [2.05, 4.69) is 31.3 Å². The first kappa shape index (κ1) is 27.6. The second-order valence-corrected chi connectivity index (χ2v) is 11.9. The van der Waals surface area contributed by atoms with E-state index in [0.717, 1.165) is 30.0 Å². The number of carbonyl (C=O) groups is 3. The van der Waals surface area contributed by atoms with E-state index in [9.17, 15) is 14.4 Å². The van der Waals surface area contributed by atoms with Crippen molar-refractivity contribution >= 4 is 64.4 Å². The van der Waals surface area contributed by atoms with E-state index in [0.29, 0.717) is 54.3 Å². The van der Waals surface area contributed by atoms with Gasteiger partial charge in [0, 0.05) is 49.5 Å². The lowest BCUT2D eigenvalue weighted by Gasteiger charge is -2.37. The van der Waals surface area contributed by atoms with Gasteiger partial charge in [-0.15, -0.1) is 0 Å². The minimum Gasteiger partial charge on any atom is -0.444 e. The zero-order chi connectivity index (χ0) is 29.6. The molecule has 3 aliphatic rings. The molecular formula is C28H32ClN9O4. The third-order valence-electron chi connectivity index (χ3n) is 6.94. The summed E-state index contributed by atoms with van der Waals surface area (Å²) in [5.41, 5.74) is 2.30. The number of piperazine rings is 1. The molecule has 0 radical (unpaired) electrons. The third-order valence-corrected chi connectivity index (χ3v) is 7.24. The van der Waals surface area contributed by atoms with Gasteiger partial charge < -0.3 is 30.5 Å². The van der Waals surface area contributed by atoms with Crippen LogP contribution in [0.2, 0.25) is 5.02 Å². The molecule has 6 rings (SSSR count). The summed E-state index contributed by atoms with van der Waals surface area (Å²) in [6.07, 6.45) is 4.99. The summed E-state index contributed by atoms with van der Waals surface area (Å²) >= 11 is 6.73. The quantitative estimate of drug-likeness (QED) is 0.247. The Morgan fingerprint density at radius 1 is 1.12 bits per heavy atom. The number of imide groups is 1. The van der Waals surface area contributed by atoms with E-state index < -0.39 is 17.5 Å². The largest absolute Gasteiger partial charge is 0.444 e. The molecule has 1 aromatic carbocycles. The Labute approximate surface area is 247 Å². The number of halogens is 1. The maximum atomic E-state index is 12.4. The van der Waals surface area contributed by atoms with Gasteiger partial charge in [0.05, 0.1) is 16.9 Å². The van der Waals surface area contributed by atoms with Gasteiger partial charge in [-0.1, -0.05) is 11.6 Å². The molecule has 42 heavy (non-hydrogen) atoms. The average Bonchev–Trinajstić information content (AvgIpc) is 3.56. The molecule has 2 saturated heterocycles. The van der Waals surface area contributed by atoms with Crippen LogP contribution in [0.25, 0.3) is 11.7 Å². The maximum absolute atomic E-state index is 12.4. The highest BCUT2D eigenvalue weighted by atomic mass is 35.5. The summed E-state index contributed by atoms with van der Waals surface area (Å²) in [7, 11) is 0. The number of anilines is 4. The number of aromatic nitrogens is 3. The minimum atomic E-state index is -0.570.